The summed E-state index contributed by atoms with van der Waals surface area (Å²) in [6.45, 7) is 3.64. The number of nitrogens with zero attached hydrogens (tertiary/aromatic N) is 3. The lowest BCUT2D eigenvalue weighted by atomic mass is 10.1. The van der Waals surface area contributed by atoms with E-state index in [2.05, 4.69) is 19.6 Å². The first-order chi connectivity index (χ1) is 15.0. The van der Waals surface area contributed by atoms with Crippen LogP contribution >= 0.6 is 0 Å². The van der Waals surface area contributed by atoms with Crippen molar-refractivity contribution in [3.8, 4) is 5.75 Å². The minimum Gasteiger partial charge on any atom is -0.488 e. The van der Waals surface area contributed by atoms with Gasteiger partial charge in [0, 0.05) is 17.1 Å². The summed E-state index contributed by atoms with van der Waals surface area (Å²) in [5.74, 6) is 0.468. The van der Waals surface area contributed by atoms with Crippen molar-refractivity contribution in [3.63, 3.8) is 0 Å². The van der Waals surface area contributed by atoms with Crippen molar-refractivity contribution in [2.24, 2.45) is 4.36 Å². The number of fused-ring (bicyclic) bond motifs is 1. The quantitative estimate of drug-likeness (QED) is 0.573. The van der Waals surface area contributed by atoms with Crippen LogP contribution in [0.2, 0.25) is 0 Å². The molecule has 4 rings (SSSR count). The van der Waals surface area contributed by atoms with Crippen LogP contribution in [0.25, 0.3) is 10.9 Å². The van der Waals surface area contributed by atoms with Gasteiger partial charge in [-0.25, -0.2) is 14.4 Å². The molecule has 0 spiro atoms. The van der Waals surface area contributed by atoms with Crippen molar-refractivity contribution in [1.29, 1.82) is 0 Å². The van der Waals surface area contributed by atoms with Crippen molar-refractivity contribution < 1.29 is 22.8 Å². The average Bonchev–Trinajstić information content (AvgIpc) is 2.74. The second kappa shape index (κ2) is 9.54. The van der Waals surface area contributed by atoms with Gasteiger partial charge in [0.25, 0.3) is 0 Å². The van der Waals surface area contributed by atoms with Gasteiger partial charge in [0.1, 0.15) is 36.4 Å². The zero-order valence-corrected chi connectivity index (χ0v) is 17.9. The number of hydrogen-bond acceptors (Lipinski definition) is 9. The Bertz CT molecular complexity index is 1180. The molecular weight excluding hydrogens is 423 g/mol. The van der Waals surface area contributed by atoms with E-state index in [0.717, 1.165) is 10.9 Å². The Morgan fingerprint density at radius 3 is 2.94 bits per heavy atom. The molecule has 0 radical (unpaired) electrons. The van der Waals surface area contributed by atoms with Crippen molar-refractivity contribution in [2.75, 3.05) is 38.0 Å². The first kappa shape index (κ1) is 21.4. The summed E-state index contributed by atoms with van der Waals surface area (Å²) >= 11 is 0. The monoisotopic (exact) mass is 445 g/mol. The summed E-state index contributed by atoms with van der Waals surface area (Å²) in [5.41, 5.74) is 2.65. The number of benzene rings is 2. The minimum atomic E-state index is -1.32. The maximum absolute atomic E-state index is 13.9. The van der Waals surface area contributed by atoms with Crippen LogP contribution in [0.3, 0.4) is 0 Å². The third-order valence-corrected chi connectivity index (χ3v) is 5.13. The number of ether oxygens (including phenoxy) is 3. The molecule has 1 aliphatic heterocycles. The van der Waals surface area contributed by atoms with Gasteiger partial charge in [-0.1, -0.05) is 0 Å². The fourth-order valence-corrected chi connectivity index (χ4v) is 3.73. The summed E-state index contributed by atoms with van der Waals surface area (Å²) in [5, 5.41) is 4.01. The van der Waals surface area contributed by atoms with Gasteiger partial charge in [0.15, 0.2) is 0 Å². The van der Waals surface area contributed by atoms with Crippen LogP contribution in [0, 0.1) is 12.7 Å². The lowest BCUT2D eigenvalue weighted by Gasteiger charge is -2.23. The highest BCUT2D eigenvalue weighted by atomic mass is 32.2. The van der Waals surface area contributed by atoms with Gasteiger partial charge >= 0.3 is 0 Å². The lowest BCUT2D eigenvalue weighted by molar-refractivity contribution is -0.101. The lowest BCUT2D eigenvalue weighted by Crippen LogP contribution is -2.33. The smallest absolute Gasteiger partial charge is 0.145 e. The summed E-state index contributed by atoms with van der Waals surface area (Å²) in [6, 6.07) is 7.82. The summed E-state index contributed by atoms with van der Waals surface area (Å²) in [4.78, 5) is 8.67. The second-order valence-corrected chi connectivity index (χ2v) is 8.07. The molecule has 2 aromatic carbocycles. The highest BCUT2D eigenvalue weighted by Crippen LogP contribution is 2.33. The first-order valence-corrected chi connectivity index (χ1v) is 11.2. The van der Waals surface area contributed by atoms with E-state index in [1.54, 1.807) is 12.1 Å². The fourth-order valence-electron chi connectivity index (χ4n) is 3.33. The largest absolute Gasteiger partial charge is 0.488 e. The van der Waals surface area contributed by atoms with E-state index in [4.69, 9.17) is 14.2 Å². The van der Waals surface area contributed by atoms with E-state index < -0.39 is 16.4 Å². The van der Waals surface area contributed by atoms with E-state index in [9.17, 15) is 8.60 Å². The number of halogens is 1. The number of anilines is 2. The van der Waals surface area contributed by atoms with Crippen molar-refractivity contribution in [3.05, 3.63) is 48.0 Å². The normalized spacial score (nSPS) is 17.6. The standard InChI is InChI=1S/C21H22FN4O4S/c1-13-7-15(26-31(2)27)9-18-20(13)21(24-12-23-18)25-17-4-3-14(22)8-19(17)30-11-16-10-28-5-6-29-16/h3-4,7-9,12,16H,5-6,10-11H2,1-2H3,(H,23,24,25)/q-1. The summed E-state index contributed by atoms with van der Waals surface area (Å²) < 4.78 is 46.2. The molecule has 0 saturated carbocycles. The van der Waals surface area contributed by atoms with Crippen LogP contribution in [0.15, 0.2) is 41.0 Å². The Morgan fingerprint density at radius 1 is 1.29 bits per heavy atom. The Labute approximate surface area is 181 Å². The fraction of sp³-hybridized carbons (Fsp3) is 0.333. The molecular formula is C21H22FN4O4S-. The highest BCUT2D eigenvalue weighted by molar-refractivity contribution is 7.74. The van der Waals surface area contributed by atoms with Gasteiger partial charge in [0.05, 0.1) is 31.0 Å². The number of nitrogens with one attached hydrogen (secondary N) is 1. The topological polar surface area (TPSA) is 94.9 Å². The number of hydrogen-bond donors (Lipinski definition) is 1. The predicted molar refractivity (Wildman–Crippen MR) is 116 cm³/mol. The van der Waals surface area contributed by atoms with Crippen LogP contribution in [0.5, 0.6) is 5.75 Å². The molecule has 2 heterocycles. The van der Waals surface area contributed by atoms with Crippen LogP contribution in [0.4, 0.5) is 21.6 Å². The Balaban J connectivity index is 1.64. The van der Waals surface area contributed by atoms with Crippen molar-refractivity contribution in [2.45, 2.75) is 13.0 Å². The van der Waals surface area contributed by atoms with Gasteiger partial charge in [-0.2, -0.15) is 10.6 Å². The number of rotatable bonds is 6. The van der Waals surface area contributed by atoms with E-state index in [-0.39, 0.29) is 12.7 Å². The van der Waals surface area contributed by atoms with E-state index in [0.29, 0.717) is 48.3 Å². The zero-order valence-electron chi connectivity index (χ0n) is 17.1. The minimum absolute atomic E-state index is 0.210. The molecule has 1 aromatic heterocycles. The maximum atomic E-state index is 13.9. The molecule has 10 heteroatoms. The molecule has 1 saturated heterocycles. The molecule has 1 N–H and O–H groups in total. The molecule has 0 bridgehead atoms. The molecule has 8 nitrogen and oxygen atoms in total. The number of aryl methyl sites for hydroxylation is 1. The van der Waals surface area contributed by atoms with Crippen LogP contribution in [0.1, 0.15) is 5.56 Å². The molecule has 3 aromatic rings. The Hall–Kier alpha value is -2.82. The molecule has 31 heavy (non-hydrogen) atoms. The maximum Gasteiger partial charge on any atom is 0.145 e. The third-order valence-electron chi connectivity index (χ3n) is 4.66. The molecule has 0 amide bonds. The molecule has 1 fully saturated rings. The van der Waals surface area contributed by atoms with Gasteiger partial charge in [-0.3, -0.25) is 0 Å². The van der Waals surface area contributed by atoms with E-state index >= 15 is 0 Å². The first-order valence-electron chi connectivity index (χ1n) is 9.69. The van der Waals surface area contributed by atoms with Crippen LogP contribution < -0.4 is 10.1 Å². The summed E-state index contributed by atoms with van der Waals surface area (Å²) in [7, 11) is -1.32. The zero-order chi connectivity index (χ0) is 21.8. The highest BCUT2D eigenvalue weighted by Gasteiger charge is 2.17. The Kier molecular flexibility index (Phi) is 6.59. The van der Waals surface area contributed by atoms with Crippen molar-refractivity contribution >= 4 is 38.7 Å². The van der Waals surface area contributed by atoms with Crippen LogP contribution in [-0.2, 0) is 24.3 Å². The van der Waals surface area contributed by atoms with Gasteiger partial charge in [-0.15, -0.1) is 6.26 Å². The predicted octanol–water partition coefficient (Wildman–Crippen LogP) is 4.02. The van der Waals surface area contributed by atoms with Crippen molar-refractivity contribution in [1.82, 2.24) is 9.97 Å². The Morgan fingerprint density at radius 2 is 2.16 bits per heavy atom. The van der Waals surface area contributed by atoms with Gasteiger partial charge in [0.2, 0.25) is 0 Å². The molecule has 1 unspecified atom stereocenters. The van der Waals surface area contributed by atoms with E-state index in [1.165, 1.54) is 24.7 Å². The van der Waals surface area contributed by atoms with E-state index in [1.807, 2.05) is 13.0 Å². The van der Waals surface area contributed by atoms with Gasteiger partial charge in [-0.05, 0) is 36.8 Å². The molecule has 0 aliphatic carbocycles. The SMILES string of the molecule is Cc1cc(N=[S-](C)=O)cc2ncnc(Nc3ccc(F)cc3OCC3COCCO3)c12. The van der Waals surface area contributed by atoms with Crippen LogP contribution in [-0.4, -0.2) is 48.8 Å². The number of aromatic nitrogens is 2. The molecule has 1 atom stereocenters. The van der Waals surface area contributed by atoms with Gasteiger partial charge < -0.3 is 28.1 Å². The average molecular weight is 445 g/mol. The molecule has 1 aliphatic rings. The summed E-state index contributed by atoms with van der Waals surface area (Å²) in [6.07, 6.45) is 2.72. The molecule has 164 valence electrons. The second-order valence-electron chi connectivity index (χ2n) is 7.04. The third kappa shape index (κ3) is 5.27.